The molecule has 0 saturated carbocycles. The summed E-state index contributed by atoms with van der Waals surface area (Å²) in [5.41, 5.74) is 3.54. The van der Waals surface area contributed by atoms with Crippen molar-refractivity contribution in [1.29, 1.82) is 0 Å². The number of aryl methyl sites for hydroxylation is 2. The second-order valence-electron chi connectivity index (χ2n) is 9.92. The fourth-order valence-corrected chi connectivity index (χ4v) is 5.82. The topological polar surface area (TPSA) is 145 Å². The zero-order chi connectivity index (χ0) is 32.0. The third-order valence-corrected chi connectivity index (χ3v) is 9.39. The minimum absolute atomic E-state index is 0.0286. The van der Waals surface area contributed by atoms with Crippen LogP contribution in [-0.2, 0) is 21.4 Å². The average Bonchev–Trinajstić information content (AvgIpc) is 3.42. The van der Waals surface area contributed by atoms with E-state index in [4.69, 9.17) is 9.47 Å². The molecule has 0 unspecified atom stereocenters. The Morgan fingerprint density at radius 1 is 0.955 bits per heavy atom. The summed E-state index contributed by atoms with van der Waals surface area (Å²) < 4.78 is 38.6. The molecule has 0 aliphatic heterocycles. The molecule has 12 nitrogen and oxygen atoms in total. The van der Waals surface area contributed by atoms with Gasteiger partial charge < -0.3 is 20.1 Å². The first-order chi connectivity index (χ1) is 20.9. The normalized spacial score (nSPS) is 11.3. The van der Waals surface area contributed by atoms with E-state index >= 15 is 0 Å². The molecule has 2 N–H and O–H groups in total. The van der Waals surface area contributed by atoms with Crippen molar-refractivity contribution in [2.24, 2.45) is 0 Å². The fraction of sp³-hybridized carbons (Fsp3) is 0.267. The molecular formula is C30H34N6O6S2. The number of hydrogen-bond donors (Lipinski definition) is 2. The molecular weight excluding hydrogens is 604 g/mol. The first kappa shape index (κ1) is 32.5. The van der Waals surface area contributed by atoms with Gasteiger partial charge in [-0.1, -0.05) is 23.9 Å². The number of nitrogens with zero attached hydrogens (tertiary/aromatic N) is 4. The van der Waals surface area contributed by atoms with Crippen molar-refractivity contribution in [2.75, 3.05) is 39.4 Å². The van der Waals surface area contributed by atoms with Crippen LogP contribution >= 0.6 is 11.8 Å². The van der Waals surface area contributed by atoms with Crippen LogP contribution in [0.15, 0.2) is 70.7 Å². The highest BCUT2D eigenvalue weighted by Gasteiger charge is 2.21. The summed E-state index contributed by atoms with van der Waals surface area (Å²) in [6, 6.07) is 16.7. The number of benzene rings is 3. The van der Waals surface area contributed by atoms with Crippen LogP contribution in [0, 0.1) is 13.8 Å². The molecule has 1 aromatic heterocycles. The number of nitrogens with one attached hydrogen (secondary N) is 2. The molecule has 0 bridgehead atoms. The summed E-state index contributed by atoms with van der Waals surface area (Å²) in [4.78, 5) is 26.0. The van der Waals surface area contributed by atoms with E-state index in [1.165, 1.54) is 57.2 Å². The first-order valence-electron chi connectivity index (χ1n) is 13.4. The van der Waals surface area contributed by atoms with E-state index in [0.717, 1.165) is 21.1 Å². The number of sulfonamides is 1. The van der Waals surface area contributed by atoms with Gasteiger partial charge in [-0.3, -0.25) is 14.2 Å². The van der Waals surface area contributed by atoms with Gasteiger partial charge in [-0.2, -0.15) is 0 Å². The monoisotopic (exact) mass is 638 g/mol. The van der Waals surface area contributed by atoms with E-state index in [1.807, 2.05) is 32.0 Å². The molecule has 14 heteroatoms. The number of aromatic nitrogens is 3. The predicted octanol–water partition coefficient (Wildman–Crippen LogP) is 3.81. The number of amides is 2. The molecule has 0 aliphatic carbocycles. The van der Waals surface area contributed by atoms with Crippen LogP contribution < -0.4 is 20.1 Å². The number of ether oxygens (including phenoxy) is 2. The zero-order valence-electron chi connectivity index (χ0n) is 25.2. The second-order valence-corrected chi connectivity index (χ2v) is 13.0. The maximum Gasteiger partial charge on any atom is 0.251 e. The van der Waals surface area contributed by atoms with Crippen molar-refractivity contribution in [3.05, 3.63) is 83.2 Å². The molecule has 44 heavy (non-hydrogen) atoms. The van der Waals surface area contributed by atoms with Crippen molar-refractivity contribution >= 4 is 39.3 Å². The van der Waals surface area contributed by atoms with Gasteiger partial charge in [-0.15, -0.1) is 10.2 Å². The van der Waals surface area contributed by atoms with Crippen LogP contribution in [0.3, 0.4) is 0 Å². The van der Waals surface area contributed by atoms with Crippen LogP contribution in [0.25, 0.3) is 5.69 Å². The van der Waals surface area contributed by atoms with E-state index in [-0.39, 0.29) is 28.7 Å². The number of carbonyl (C=O) groups is 2. The SMILES string of the molecule is COc1ccc(OC)c(-n2c(CNC(=O)c3ccc(S(=O)(=O)N(C)C)cc3)nnc2SCC(=O)Nc2cc(C)ccc2C)c1. The van der Waals surface area contributed by atoms with Crippen molar-refractivity contribution < 1.29 is 27.5 Å². The van der Waals surface area contributed by atoms with Gasteiger partial charge in [0.05, 0.1) is 37.1 Å². The fourth-order valence-electron chi connectivity index (χ4n) is 4.16. The smallest absolute Gasteiger partial charge is 0.251 e. The summed E-state index contributed by atoms with van der Waals surface area (Å²) in [6.45, 7) is 3.85. The summed E-state index contributed by atoms with van der Waals surface area (Å²) in [6.07, 6.45) is 0. The molecule has 0 aliphatic rings. The Balaban J connectivity index is 1.58. The molecule has 0 saturated heterocycles. The molecule has 3 aromatic carbocycles. The zero-order valence-corrected chi connectivity index (χ0v) is 26.9. The third kappa shape index (κ3) is 7.38. The lowest BCUT2D eigenvalue weighted by atomic mass is 10.1. The molecule has 0 fully saturated rings. The Kier molecular flexibility index (Phi) is 10.3. The number of methoxy groups -OCH3 is 2. The maximum atomic E-state index is 13.0. The highest BCUT2D eigenvalue weighted by atomic mass is 32.2. The Labute approximate surface area is 260 Å². The van der Waals surface area contributed by atoms with Crippen molar-refractivity contribution in [1.82, 2.24) is 24.4 Å². The van der Waals surface area contributed by atoms with E-state index in [1.54, 1.807) is 29.9 Å². The largest absolute Gasteiger partial charge is 0.497 e. The van der Waals surface area contributed by atoms with E-state index in [0.29, 0.717) is 28.2 Å². The van der Waals surface area contributed by atoms with Crippen molar-refractivity contribution in [3.8, 4) is 17.2 Å². The lowest BCUT2D eigenvalue weighted by Crippen LogP contribution is -2.25. The van der Waals surface area contributed by atoms with Crippen molar-refractivity contribution in [3.63, 3.8) is 0 Å². The van der Waals surface area contributed by atoms with Crippen LogP contribution in [0.4, 0.5) is 5.69 Å². The Morgan fingerprint density at radius 3 is 2.34 bits per heavy atom. The number of rotatable bonds is 12. The lowest BCUT2D eigenvalue weighted by Gasteiger charge is -2.15. The van der Waals surface area contributed by atoms with Gasteiger partial charge in [0, 0.05) is 31.4 Å². The minimum Gasteiger partial charge on any atom is -0.497 e. The van der Waals surface area contributed by atoms with Crippen molar-refractivity contribution in [2.45, 2.75) is 30.4 Å². The highest BCUT2D eigenvalue weighted by Crippen LogP contribution is 2.32. The first-order valence-corrected chi connectivity index (χ1v) is 15.8. The highest BCUT2D eigenvalue weighted by molar-refractivity contribution is 7.99. The van der Waals surface area contributed by atoms with Gasteiger partial charge in [0.25, 0.3) is 5.91 Å². The molecule has 4 rings (SSSR count). The van der Waals surface area contributed by atoms with Gasteiger partial charge >= 0.3 is 0 Å². The summed E-state index contributed by atoms with van der Waals surface area (Å²) in [7, 11) is 2.32. The van der Waals surface area contributed by atoms with E-state index in [2.05, 4.69) is 20.8 Å². The second kappa shape index (κ2) is 13.9. The van der Waals surface area contributed by atoms with E-state index < -0.39 is 15.9 Å². The predicted molar refractivity (Wildman–Crippen MR) is 168 cm³/mol. The number of thioether (sulfide) groups is 1. The molecule has 4 aromatic rings. The standard InChI is InChI=1S/C30H34N6O6S2/c1-19-7-8-20(2)24(15-19)32-28(37)18-43-30-34-33-27(36(30)25-16-22(41-5)11-14-26(25)42-6)17-31-29(38)21-9-12-23(13-10-21)44(39,40)35(3)4/h7-16H,17-18H2,1-6H3,(H,31,38)(H,32,37). The molecule has 0 atom stereocenters. The van der Waals surface area contributed by atoms with Gasteiger partial charge in [0.2, 0.25) is 15.9 Å². The number of hydrogen-bond acceptors (Lipinski definition) is 9. The molecule has 0 radical (unpaired) electrons. The van der Waals surface area contributed by atoms with Crippen LogP contribution in [0.1, 0.15) is 27.3 Å². The Bertz CT molecular complexity index is 1770. The molecule has 2 amide bonds. The Hall–Kier alpha value is -4.40. The summed E-state index contributed by atoms with van der Waals surface area (Å²) >= 11 is 1.18. The minimum atomic E-state index is -3.63. The van der Waals surface area contributed by atoms with Crippen LogP contribution in [0.2, 0.25) is 0 Å². The third-order valence-electron chi connectivity index (χ3n) is 6.63. The molecule has 1 heterocycles. The average molecular weight is 639 g/mol. The van der Waals surface area contributed by atoms with Gasteiger partial charge in [0.15, 0.2) is 11.0 Å². The van der Waals surface area contributed by atoms with E-state index in [9.17, 15) is 18.0 Å². The van der Waals surface area contributed by atoms with Gasteiger partial charge in [-0.25, -0.2) is 12.7 Å². The lowest BCUT2D eigenvalue weighted by molar-refractivity contribution is -0.113. The Morgan fingerprint density at radius 2 is 1.68 bits per heavy atom. The van der Waals surface area contributed by atoms with Crippen LogP contribution in [-0.4, -0.2) is 73.4 Å². The molecule has 232 valence electrons. The van der Waals surface area contributed by atoms with Gasteiger partial charge in [0.1, 0.15) is 11.5 Å². The van der Waals surface area contributed by atoms with Crippen LogP contribution in [0.5, 0.6) is 11.5 Å². The summed E-state index contributed by atoms with van der Waals surface area (Å²) in [5, 5.41) is 14.8. The number of anilines is 1. The quantitative estimate of drug-likeness (QED) is 0.221. The number of carbonyl (C=O) groups excluding carboxylic acids is 2. The maximum absolute atomic E-state index is 13.0. The van der Waals surface area contributed by atoms with Gasteiger partial charge in [-0.05, 0) is 67.4 Å². The molecule has 0 spiro atoms. The summed E-state index contributed by atoms with van der Waals surface area (Å²) in [5.74, 6) is 0.817.